The second-order valence-corrected chi connectivity index (χ2v) is 4.16. The van der Waals surface area contributed by atoms with Crippen molar-refractivity contribution in [3.05, 3.63) is 0 Å². The van der Waals surface area contributed by atoms with Crippen LogP contribution in [0.15, 0.2) is 0 Å². The van der Waals surface area contributed by atoms with E-state index < -0.39 is 15.5 Å². The zero-order valence-electron chi connectivity index (χ0n) is 4.00. The van der Waals surface area contributed by atoms with Gasteiger partial charge in [0, 0.05) is 0 Å². The van der Waals surface area contributed by atoms with Crippen LogP contribution in [0.3, 0.4) is 0 Å². The first-order valence-electron chi connectivity index (χ1n) is 1.61. The summed E-state index contributed by atoms with van der Waals surface area (Å²) >= 11 is 0. The zero-order valence-corrected chi connectivity index (χ0v) is 5.79. The van der Waals surface area contributed by atoms with Crippen LogP contribution < -0.4 is 4.86 Å². The van der Waals surface area contributed by atoms with E-state index in [9.17, 15) is 9.13 Å². The predicted molar refractivity (Wildman–Crippen MR) is 34.4 cm³/mol. The van der Waals surface area contributed by atoms with E-state index in [0.717, 1.165) is 4.86 Å². The Labute approximate surface area is 99.1 Å². The minimum atomic E-state index is -4.80. The fourth-order valence-electron chi connectivity index (χ4n) is 0.170. The molecule has 0 radical (unpaired) electrons. The maximum atomic E-state index is 9.74. The normalized spacial score (nSPS) is 12.4. The molecule has 0 aromatic rings. The molecule has 10 heavy (non-hydrogen) atoms. The molecule has 0 aromatic heterocycles. The molecule has 0 atom stereocenters. The van der Waals surface area contributed by atoms with Crippen LogP contribution in [0.4, 0.5) is 0 Å². The van der Waals surface area contributed by atoms with Crippen molar-refractivity contribution < 1.29 is 28.7 Å². The van der Waals surface area contributed by atoms with Crippen molar-refractivity contribution in [2.75, 3.05) is 0 Å². The number of nitrogens with one attached hydrogen (secondary N) is 1. The standard InChI is InChI=1S/K.H5NO6P2.H/c;2-8(3,4)1-9(5,6)7;/h;(H5,1,2,3,4,5,6,7);. The summed E-state index contributed by atoms with van der Waals surface area (Å²) in [6, 6.07) is 0. The molecular weight excluding hydrogens is 211 g/mol. The average molecular weight is 217 g/mol. The third kappa shape index (κ3) is 12.6. The molecule has 58 valence electrons. The van der Waals surface area contributed by atoms with Crippen LogP contribution in [0.25, 0.3) is 0 Å². The quantitative estimate of drug-likeness (QED) is 0.270. The van der Waals surface area contributed by atoms with Crippen LogP contribution in [-0.4, -0.2) is 71.0 Å². The molecule has 0 heterocycles. The maximum absolute atomic E-state index is 9.74. The summed E-state index contributed by atoms with van der Waals surface area (Å²) in [6.07, 6.45) is 0. The van der Waals surface area contributed by atoms with Gasteiger partial charge in [0.2, 0.25) is 0 Å². The summed E-state index contributed by atoms with van der Waals surface area (Å²) < 4.78 is 19.5. The van der Waals surface area contributed by atoms with E-state index in [-0.39, 0.29) is 51.4 Å². The van der Waals surface area contributed by atoms with Crippen molar-refractivity contribution in [2.24, 2.45) is 0 Å². The van der Waals surface area contributed by atoms with Crippen molar-refractivity contribution in [3.63, 3.8) is 0 Å². The van der Waals surface area contributed by atoms with E-state index in [4.69, 9.17) is 19.6 Å². The van der Waals surface area contributed by atoms with Crippen LogP contribution in [0.5, 0.6) is 0 Å². The predicted octanol–water partition coefficient (Wildman–Crippen LogP) is -1.89. The molecule has 0 amide bonds. The summed E-state index contributed by atoms with van der Waals surface area (Å²) in [6.45, 7) is 0. The summed E-state index contributed by atoms with van der Waals surface area (Å²) in [5, 5.41) is 0. The summed E-state index contributed by atoms with van der Waals surface area (Å²) in [7, 11) is -9.60. The second-order valence-electron chi connectivity index (χ2n) is 1.19. The van der Waals surface area contributed by atoms with Gasteiger partial charge in [0.05, 0.1) is 0 Å². The Bertz CT molecular complexity index is 156. The first-order chi connectivity index (χ1) is 3.71. The van der Waals surface area contributed by atoms with Crippen molar-refractivity contribution in [2.45, 2.75) is 0 Å². The zero-order chi connectivity index (χ0) is 7.71. The second kappa shape index (κ2) is 4.81. The molecule has 7 nitrogen and oxygen atoms in total. The van der Waals surface area contributed by atoms with Crippen molar-refractivity contribution in [1.29, 1.82) is 0 Å². The van der Waals surface area contributed by atoms with Gasteiger partial charge >= 0.3 is 66.9 Å². The Morgan fingerprint density at radius 2 is 1.10 bits per heavy atom. The van der Waals surface area contributed by atoms with E-state index in [0.29, 0.717) is 0 Å². The van der Waals surface area contributed by atoms with Crippen molar-refractivity contribution in [1.82, 2.24) is 4.86 Å². The monoisotopic (exact) mass is 217 g/mol. The third-order valence-electron chi connectivity index (χ3n) is 0.261. The number of rotatable bonds is 2. The molecule has 0 aliphatic heterocycles. The SMILES string of the molecule is O=P(O)(O)NP(=O)(O)O.[KH]. The topological polar surface area (TPSA) is 127 Å². The molecule has 10 heteroatoms. The van der Waals surface area contributed by atoms with Crippen LogP contribution in [0.1, 0.15) is 0 Å². The van der Waals surface area contributed by atoms with Crippen LogP contribution in [-0.2, 0) is 9.13 Å². The van der Waals surface area contributed by atoms with E-state index in [1.54, 1.807) is 0 Å². The van der Waals surface area contributed by atoms with Gasteiger partial charge < -0.3 is 19.6 Å². The van der Waals surface area contributed by atoms with Gasteiger partial charge in [0.1, 0.15) is 0 Å². The molecule has 0 saturated heterocycles. The molecule has 0 bridgehead atoms. The fourth-order valence-corrected chi connectivity index (χ4v) is 1.53. The summed E-state index contributed by atoms with van der Waals surface area (Å²) in [5.41, 5.74) is 0. The molecule has 0 spiro atoms. The Kier molecular flexibility index (Phi) is 6.94. The fraction of sp³-hybridized carbons (Fsp3) is 0. The Morgan fingerprint density at radius 1 is 0.900 bits per heavy atom. The van der Waals surface area contributed by atoms with E-state index in [1.165, 1.54) is 0 Å². The van der Waals surface area contributed by atoms with Crippen LogP contribution >= 0.6 is 15.5 Å². The van der Waals surface area contributed by atoms with Gasteiger partial charge in [-0.05, 0) is 0 Å². The number of hydrogen-bond acceptors (Lipinski definition) is 2. The average Bonchev–Trinajstić information content (AvgIpc) is 1.14. The van der Waals surface area contributed by atoms with Gasteiger partial charge in [-0.25, -0.2) is 9.13 Å². The molecule has 0 aliphatic rings. The Morgan fingerprint density at radius 3 is 1.10 bits per heavy atom. The molecule has 0 rings (SSSR count). The van der Waals surface area contributed by atoms with Gasteiger partial charge in [-0.3, -0.25) is 0 Å². The van der Waals surface area contributed by atoms with Gasteiger partial charge in [-0.2, -0.15) is 0 Å². The van der Waals surface area contributed by atoms with E-state index in [2.05, 4.69) is 0 Å². The van der Waals surface area contributed by atoms with Crippen LogP contribution in [0.2, 0.25) is 0 Å². The van der Waals surface area contributed by atoms with Crippen LogP contribution in [0, 0.1) is 0 Å². The molecule has 0 unspecified atom stereocenters. The van der Waals surface area contributed by atoms with Crippen molar-refractivity contribution in [3.8, 4) is 0 Å². The molecule has 0 aliphatic carbocycles. The Balaban J connectivity index is 0. The Hall–Kier alpha value is 1.90. The molecule has 0 saturated carbocycles. The molecular formula is H6KNO6P2. The van der Waals surface area contributed by atoms with Gasteiger partial charge in [0.15, 0.2) is 0 Å². The molecule has 0 aromatic carbocycles. The first-order valence-corrected chi connectivity index (χ1v) is 4.84. The third-order valence-corrected chi connectivity index (χ3v) is 2.34. The minimum absolute atomic E-state index is 0. The van der Waals surface area contributed by atoms with E-state index in [1.807, 2.05) is 0 Å². The molecule has 5 N–H and O–H groups in total. The number of hydrogen-bond donors (Lipinski definition) is 5. The summed E-state index contributed by atoms with van der Waals surface area (Å²) in [5.74, 6) is 0. The van der Waals surface area contributed by atoms with Gasteiger partial charge in [0.25, 0.3) is 0 Å². The first kappa shape index (κ1) is 14.4. The molecule has 0 fully saturated rings. The summed E-state index contributed by atoms with van der Waals surface area (Å²) in [4.78, 5) is 32.2. The van der Waals surface area contributed by atoms with E-state index >= 15 is 0 Å². The van der Waals surface area contributed by atoms with Crippen molar-refractivity contribution >= 4 is 66.9 Å². The van der Waals surface area contributed by atoms with Gasteiger partial charge in [-0.15, -0.1) is 4.86 Å². The van der Waals surface area contributed by atoms with Gasteiger partial charge in [-0.1, -0.05) is 0 Å².